The van der Waals surface area contributed by atoms with Gasteiger partial charge in [-0.1, -0.05) is 19.1 Å². The number of hydrogen-bond donors (Lipinski definition) is 1. The number of carboxylic acids is 1. The van der Waals surface area contributed by atoms with Crippen molar-refractivity contribution in [1.82, 2.24) is 9.21 Å². The number of unbranched alkanes of at least 4 members (excludes halogenated alkanes) is 1. The lowest BCUT2D eigenvalue weighted by atomic mass is 10.1. The Hall–Kier alpha value is -2.26. The van der Waals surface area contributed by atoms with Crippen LogP contribution in [0.1, 0.15) is 46.9 Å². The fraction of sp³-hybridized carbons (Fsp3) is 0.471. The Morgan fingerprint density at radius 3 is 2.19 bits per heavy atom. The molecule has 1 aromatic carbocycles. The first-order valence-electron chi connectivity index (χ1n) is 8.42. The molecule has 1 heterocycles. The van der Waals surface area contributed by atoms with Crippen molar-refractivity contribution < 1.29 is 27.9 Å². The van der Waals surface area contributed by atoms with Gasteiger partial charge in [0.1, 0.15) is 6.54 Å². The van der Waals surface area contributed by atoms with E-state index in [1.807, 2.05) is 0 Å². The number of fused-ring (bicyclic) bond motifs is 1. The second-order valence-corrected chi connectivity index (χ2v) is 8.15. The first-order valence-corrected chi connectivity index (χ1v) is 10.0. The lowest BCUT2D eigenvalue weighted by Gasteiger charge is -2.20. The number of benzene rings is 1. The summed E-state index contributed by atoms with van der Waals surface area (Å²) in [6.45, 7) is 1.49. The monoisotopic (exact) mass is 382 g/mol. The largest absolute Gasteiger partial charge is 0.480 e. The number of carbonyl (C=O) groups excluding carboxylic acids is 2. The Balaban J connectivity index is 1.89. The van der Waals surface area contributed by atoms with Crippen LogP contribution in [0, 0.1) is 0 Å². The summed E-state index contributed by atoms with van der Waals surface area (Å²) in [6, 6.07) is 6.55. The van der Waals surface area contributed by atoms with Crippen LogP contribution in [0.3, 0.4) is 0 Å². The van der Waals surface area contributed by atoms with Crippen LogP contribution in [0.4, 0.5) is 0 Å². The fourth-order valence-electron chi connectivity index (χ4n) is 2.84. The van der Waals surface area contributed by atoms with Crippen molar-refractivity contribution in [2.75, 3.05) is 25.4 Å². The van der Waals surface area contributed by atoms with Crippen molar-refractivity contribution >= 4 is 27.8 Å². The van der Waals surface area contributed by atoms with Crippen molar-refractivity contribution in [3.05, 3.63) is 35.4 Å². The summed E-state index contributed by atoms with van der Waals surface area (Å²) in [7, 11) is -3.69. The first kappa shape index (κ1) is 20.1. The molecule has 0 radical (unpaired) electrons. The highest BCUT2D eigenvalue weighted by Crippen LogP contribution is 2.22. The molecule has 1 aliphatic heterocycles. The molecule has 2 amide bonds. The Morgan fingerprint density at radius 2 is 1.69 bits per heavy atom. The van der Waals surface area contributed by atoms with E-state index in [-0.39, 0.29) is 37.1 Å². The number of carboxylic acid groups (broad SMARTS) is 1. The summed E-state index contributed by atoms with van der Waals surface area (Å²) in [4.78, 5) is 36.4. The average molecular weight is 382 g/mol. The van der Waals surface area contributed by atoms with Gasteiger partial charge in [-0.3, -0.25) is 19.3 Å². The van der Waals surface area contributed by atoms with Gasteiger partial charge in [-0.25, -0.2) is 8.42 Å². The molecule has 0 saturated heterocycles. The Labute approximate surface area is 152 Å². The van der Waals surface area contributed by atoms with E-state index >= 15 is 0 Å². The molecule has 1 aliphatic rings. The van der Waals surface area contributed by atoms with E-state index in [1.165, 1.54) is 0 Å². The van der Waals surface area contributed by atoms with Gasteiger partial charge >= 0.3 is 5.97 Å². The van der Waals surface area contributed by atoms with Gasteiger partial charge in [-0.2, -0.15) is 4.31 Å². The number of amides is 2. The zero-order valence-electron chi connectivity index (χ0n) is 14.6. The standard InChI is InChI=1S/C17H22N2O6S/c1-2-9-18(12-15(20)21)26(24,25)11-6-5-10-19-16(22)13-7-3-4-8-14(13)17(19)23/h3-4,7-8H,2,5-6,9-12H2,1H3,(H,20,21). The van der Waals surface area contributed by atoms with Gasteiger partial charge in [0.2, 0.25) is 10.0 Å². The number of imide groups is 1. The molecule has 0 bridgehead atoms. The molecule has 0 saturated carbocycles. The van der Waals surface area contributed by atoms with E-state index in [0.717, 1.165) is 9.21 Å². The lowest BCUT2D eigenvalue weighted by Crippen LogP contribution is -2.38. The van der Waals surface area contributed by atoms with Crippen molar-refractivity contribution in [2.24, 2.45) is 0 Å². The average Bonchev–Trinajstić information content (AvgIpc) is 2.83. The van der Waals surface area contributed by atoms with E-state index in [1.54, 1.807) is 31.2 Å². The highest BCUT2D eigenvalue weighted by atomic mass is 32.2. The molecule has 1 N–H and O–H groups in total. The zero-order chi connectivity index (χ0) is 19.3. The van der Waals surface area contributed by atoms with E-state index < -0.39 is 22.5 Å². The highest BCUT2D eigenvalue weighted by Gasteiger charge is 2.34. The third-order valence-electron chi connectivity index (χ3n) is 4.09. The van der Waals surface area contributed by atoms with Gasteiger partial charge in [-0.05, 0) is 31.4 Å². The number of carbonyl (C=O) groups is 3. The quantitative estimate of drug-likeness (QED) is 0.480. The Bertz CT molecular complexity index is 770. The van der Waals surface area contributed by atoms with Gasteiger partial charge in [-0.15, -0.1) is 0 Å². The van der Waals surface area contributed by atoms with E-state index in [2.05, 4.69) is 0 Å². The zero-order valence-corrected chi connectivity index (χ0v) is 15.4. The van der Waals surface area contributed by atoms with Crippen LogP contribution in [0.2, 0.25) is 0 Å². The van der Waals surface area contributed by atoms with E-state index in [4.69, 9.17) is 5.11 Å². The van der Waals surface area contributed by atoms with E-state index in [9.17, 15) is 22.8 Å². The predicted molar refractivity (Wildman–Crippen MR) is 94.3 cm³/mol. The summed E-state index contributed by atoms with van der Waals surface area (Å²) >= 11 is 0. The molecule has 26 heavy (non-hydrogen) atoms. The SMILES string of the molecule is CCCN(CC(=O)O)S(=O)(=O)CCCCN1C(=O)c2ccccc2C1=O. The third kappa shape index (κ3) is 4.47. The second-order valence-electron chi connectivity index (χ2n) is 6.06. The fourth-order valence-corrected chi connectivity index (χ4v) is 4.44. The van der Waals surface area contributed by atoms with Gasteiger partial charge in [0, 0.05) is 13.1 Å². The predicted octanol–water partition coefficient (Wildman–Crippen LogP) is 1.19. The van der Waals surface area contributed by atoms with Crippen molar-refractivity contribution in [3.63, 3.8) is 0 Å². The highest BCUT2D eigenvalue weighted by molar-refractivity contribution is 7.89. The number of hydrogen-bond acceptors (Lipinski definition) is 5. The van der Waals surface area contributed by atoms with Crippen LogP contribution in [0.25, 0.3) is 0 Å². The van der Waals surface area contributed by atoms with Crippen LogP contribution < -0.4 is 0 Å². The van der Waals surface area contributed by atoms with Crippen molar-refractivity contribution in [3.8, 4) is 0 Å². The maximum Gasteiger partial charge on any atom is 0.318 e. The normalized spacial score (nSPS) is 14.2. The van der Waals surface area contributed by atoms with Gasteiger partial charge in [0.15, 0.2) is 0 Å². The van der Waals surface area contributed by atoms with Gasteiger partial charge in [0.05, 0.1) is 16.9 Å². The molecule has 9 heteroatoms. The maximum atomic E-state index is 12.3. The first-order chi connectivity index (χ1) is 12.3. The summed E-state index contributed by atoms with van der Waals surface area (Å²) < 4.78 is 25.5. The van der Waals surface area contributed by atoms with Crippen LogP contribution in [-0.4, -0.2) is 65.9 Å². The summed E-state index contributed by atoms with van der Waals surface area (Å²) in [5, 5.41) is 8.85. The van der Waals surface area contributed by atoms with Crippen LogP contribution in [-0.2, 0) is 14.8 Å². The van der Waals surface area contributed by atoms with Crippen LogP contribution in [0.5, 0.6) is 0 Å². The van der Waals surface area contributed by atoms with Crippen molar-refractivity contribution in [1.29, 1.82) is 0 Å². The number of sulfonamides is 1. The molecule has 0 fully saturated rings. The molecule has 1 aromatic rings. The molecule has 0 unspecified atom stereocenters. The summed E-state index contributed by atoms with van der Waals surface area (Å²) in [5.74, 6) is -2.16. The Kier molecular flexibility index (Phi) is 6.49. The minimum Gasteiger partial charge on any atom is -0.480 e. The topological polar surface area (TPSA) is 112 Å². The molecular weight excluding hydrogens is 360 g/mol. The molecule has 0 spiro atoms. The number of nitrogens with zero attached hydrogens (tertiary/aromatic N) is 2. The molecule has 142 valence electrons. The van der Waals surface area contributed by atoms with Crippen LogP contribution >= 0.6 is 0 Å². The Morgan fingerprint density at radius 1 is 1.12 bits per heavy atom. The molecule has 8 nitrogen and oxygen atoms in total. The summed E-state index contributed by atoms with van der Waals surface area (Å²) in [6.07, 6.45) is 1.08. The molecule has 2 rings (SSSR count). The number of aliphatic carboxylic acids is 1. The third-order valence-corrected chi connectivity index (χ3v) is 5.99. The van der Waals surface area contributed by atoms with Gasteiger partial charge in [0.25, 0.3) is 11.8 Å². The lowest BCUT2D eigenvalue weighted by molar-refractivity contribution is -0.137. The van der Waals surface area contributed by atoms with Gasteiger partial charge < -0.3 is 5.11 Å². The molecular formula is C17H22N2O6S. The minimum absolute atomic E-state index is 0.134. The summed E-state index contributed by atoms with van der Waals surface area (Å²) in [5.41, 5.74) is 0.724. The molecule has 0 aromatic heterocycles. The number of rotatable bonds is 10. The van der Waals surface area contributed by atoms with Crippen molar-refractivity contribution in [2.45, 2.75) is 26.2 Å². The van der Waals surface area contributed by atoms with Crippen LogP contribution in [0.15, 0.2) is 24.3 Å². The smallest absolute Gasteiger partial charge is 0.318 e. The molecule has 0 aliphatic carbocycles. The minimum atomic E-state index is -3.69. The molecule has 0 atom stereocenters. The maximum absolute atomic E-state index is 12.3. The second kappa shape index (κ2) is 8.41. The van der Waals surface area contributed by atoms with E-state index in [0.29, 0.717) is 24.0 Å².